The Kier molecular flexibility index (Phi) is 7.11. The molecule has 1 aliphatic carbocycles. The second-order valence-electron chi connectivity index (χ2n) is 7.25. The molecular weight excluding hydrogens is 397 g/mol. The van der Waals surface area contributed by atoms with Gasteiger partial charge in [0.1, 0.15) is 18.5 Å². The van der Waals surface area contributed by atoms with Gasteiger partial charge in [-0.25, -0.2) is 4.39 Å². The Morgan fingerprint density at radius 1 is 1.31 bits per heavy atom. The van der Waals surface area contributed by atoms with Gasteiger partial charge in [-0.3, -0.25) is 9.69 Å². The van der Waals surface area contributed by atoms with E-state index in [1.165, 1.54) is 20.1 Å². The first kappa shape index (κ1) is 21.6. The molecule has 5 nitrogen and oxygen atoms in total. The van der Waals surface area contributed by atoms with Crippen molar-refractivity contribution in [3.8, 4) is 11.5 Å². The fourth-order valence-corrected chi connectivity index (χ4v) is 3.41. The van der Waals surface area contributed by atoms with Gasteiger partial charge in [-0.05, 0) is 50.1 Å². The molecule has 7 heteroatoms. The number of aliphatic hydroxyl groups excluding tert-OH is 1. The lowest BCUT2D eigenvalue weighted by Gasteiger charge is -2.26. The number of aliphatic hydroxyl groups is 1. The van der Waals surface area contributed by atoms with Gasteiger partial charge in [0.25, 0.3) is 0 Å². The lowest BCUT2D eigenvalue weighted by molar-refractivity contribution is 0.0613. The van der Waals surface area contributed by atoms with Gasteiger partial charge in [0.2, 0.25) is 0 Å². The van der Waals surface area contributed by atoms with Gasteiger partial charge in [0, 0.05) is 35.3 Å². The number of carbonyl (C=O) groups excluding carboxylic acids is 1. The number of benzene rings is 2. The van der Waals surface area contributed by atoms with Crippen molar-refractivity contribution in [1.29, 1.82) is 0 Å². The van der Waals surface area contributed by atoms with Gasteiger partial charge in [0.15, 0.2) is 17.3 Å². The molecule has 0 aromatic heterocycles. The van der Waals surface area contributed by atoms with Crippen molar-refractivity contribution in [1.82, 2.24) is 4.90 Å². The first-order valence-electron chi connectivity index (χ1n) is 9.55. The van der Waals surface area contributed by atoms with Crippen LogP contribution in [0.15, 0.2) is 36.4 Å². The molecule has 2 aromatic carbocycles. The van der Waals surface area contributed by atoms with Crippen molar-refractivity contribution < 1.29 is 23.8 Å². The lowest BCUT2D eigenvalue weighted by atomic mass is 10.1. The summed E-state index contributed by atoms with van der Waals surface area (Å²) in [5, 5.41) is 10.9. The second kappa shape index (κ2) is 9.57. The van der Waals surface area contributed by atoms with Crippen molar-refractivity contribution in [2.75, 3.05) is 20.3 Å². The molecule has 0 aliphatic heterocycles. The first-order valence-corrected chi connectivity index (χ1v) is 9.93. The van der Waals surface area contributed by atoms with Crippen LogP contribution in [0.4, 0.5) is 4.39 Å². The van der Waals surface area contributed by atoms with Crippen LogP contribution in [0.5, 0.6) is 11.5 Å². The number of ether oxygens (including phenoxy) is 2. The van der Waals surface area contributed by atoms with Gasteiger partial charge in [-0.1, -0.05) is 17.7 Å². The van der Waals surface area contributed by atoms with E-state index in [0.717, 1.165) is 12.8 Å². The number of hydrogen-bond donors (Lipinski definition) is 1. The Morgan fingerprint density at radius 3 is 2.69 bits per heavy atom. The number of nitrogens with zero attached hydrogens (tertiary/aromatic N) is 1. The number of halogens is 2. The molecule has 1 fully saturated rings. The van der Waals surface area contributed by atoms with Crippen molar-refractivity contribution in [3.05, 3.63) is 58.4 Å². The number of hydrogen-bond acceptors (Lipinski definition) is 5. The lowest BCUT2D eigenvalue weighted by Crippen LogP contribution is -2.37. The van der Waals surface area contributed by atoms with Crippen LogP contribution < -0.4 is 9.47 Å². The zero-order valence-corrected chi connectivity index (χ0v) is 17.3. The SMILES string of the molecule is COc1cc(C(C)=O)ccc1OC[C@H](O)CN(Cc1c(F)cccc1Cl)C1CC1. The molecule has 0 unspecified atom stereocenters. The number of Topliss-reactive ketones (excluding diaryl/α,β-unsaturated/α-hetero) is 1. The van der Waals surface area contributed by atoms with E-state index in [9.17, 15) is 14.3 Å². The molecule has 0 radical (unpaired) electrons. The minimum Gasteiger partial charge on any atom is -0.493 e. The van der Waals surface area contributed by atoms with Crippen molar-refractivity contribution >= 4 is 17.4 Å². The Morgan fingerprint density at radius 2 is 2.07 bits per heavy atom. The van der Waals surface area contributed by atoms with Gasteiger partial charge < -0.3 is 14.6 Å². The summed E-state index contributed by atoms with van der Waals surface area (Å²) >= 11 is 6.15. The number of ketones is 1. The topological polar surface area (TPSA) is 59.0 Å². The highest BCUT2D eigenvalue weighted by molar-refractivity contribution is 6.31. The smallest absolute Gasteiger partial charge is 0.161 e. The number of rotatable bonds is 10. The van der Waals surface area contributed by atoms with E-state index in [4.69, 9.17) is 21.1 Å². The minimum absolute atomic E-state index is 0.0456. The molecule has 29 heavy (non-hydrogen) atoms. The maximum absolute atomic E-state index is 14.1. The van der Waals surface area contributed by atoms with E-state index in [-0.39, 0.29) is 18.2 Å². The monoisotopic (exact) mass is 421 g/mol. The number of methoxy groups -OCH3 is 1. The zero-order valence-electron chi connectivity index (χ0n) is 16.5. The van der Waals surface area contributed by atoms with Gasteiger partial charge in [-0.2, -0.15) is 0 Å². The average molecular weight is 422 g/mol. The van der Waals surface area contributed by atoms with Gasteiger partial charge >= 0.3 is 0 Å². The van der Waals surface area contributed by atoms with E-state index in [2.05, 4.69) is 0 Å². The van der Waals surface area contributed by atoms with Gasteiger partial charge in [-0.15, -0.1) is 0 Å². The van der Waals surface area contributed by atoms with Crippen molar-refractivity contribution in [3.63, 3.8) is 0 Å². The maximum atomic E-state index is 14.1. The molecule has 1 aliphatic rings. The van der Waals surface area contributed by atoms with E-state index in [1.54, 1.807) is 30.3 Å². The van der Waals surface area contributed by atoms with Crippen LogP contribution in [0.1, 0.15) is 35.7 Å². The Hall–Kier alpha value is -2.15. The third-order valence-electron chi connectivity index (χ3n) is 4.93. The summed E-state index contributed by atoms with van der Waals surface area (Å²) in [4.78, 5) is 13.5. The van der Waals surface area contributed by atoms with Crippen LogP contribution >= 0.6 is 11.6 Å². The molecule has 1 atom stereocenters. The second-order valence-corrected chi connectivity index (χ2v) is 7.65. The largest absolute Gasteiger partial charge is 0.493 e. The summed E-state index contributed by atoms with van der Waals surface area (Å²) < 4.78 is 25.1. The predicted molar refractivity (Wildman–Crippen MR) is 109 cm³/mol. The van der Waals surface area contributed by atoms with Crippen LogP contribution in [0, 0.1) is 5.82 Å². The summed E-state index contributed by atoms with van der Waals surface area (Å²) in [6.45, 7) is 2.20. The fraction of sp³-hybridized carbons (Fsp3) is 0.409. The molecular formula is C22H25ClFNO4. The maximum Gasteiger partial charge on any atom is 0.161 e. The Balaban J connectivity index is 1.61. The van der Waals surface area contributed by atoms with E-state index in [1.807, 2.05) is 4.90 Å². The molecule has 3 rings (SSSR count). The summed E-state index contributed by atoms with van der Waals surface area (Å²) in [5.41, 5.74) is 0.965. The van der Waals surface area contributed by atoms with E-state index >= 15 is 0 Å². The highest BCUT2D eigenvalue weighted by Crippen LogP contribution is 2.31. The normalized spacial score (nSPS) is 14.7. The van der Waals surface area contributed by atoms with Gasteiger partial charge in [0.05, 0.1) is 7.11 Å². The molecule has 0 amide bonds. The fourth-order valence-electron chi connectivity index (χ4n) is 3.18. The van der Waals surface area contributed by atoms with Crippen LogP contribution in [0.25, 0.3) is 0 Å². The highest BCUT2D eigenvalue weighted by atomic mass is 35.5. The Labute approximate surface area is 175 Å². The van der Waals surface area contributed by atoms with Crippen LogP contribution in [-0.4, -0.2) is 48.2 Å². The van der Waals surface area contributed by atoms with Crippen molar-refractivity contribution in [2.24, 2.45) is 0 Å². The molecule has 156 valence electrons. The average Bonchev–Trinajstić information content (AvgIpc) is 3.53. The van der Waals surface area contributed by atoms with Crippen LogP contribution in [-0.2, 0) is 6.54 Å². The molecule has 1 N–H and O–H groups in total. The quantitative estimate of drug-likeness (QED) is 0.585. The molecule has 2 aromatic rings. The standard InChI is InChI=1S/C22H25ClFNO4/c1-14(26)15-6-9-21(22(10-15)28-2)29-13-17(27)11-25(16-7-8-16)12-18-19(23)4-3-5-20(18)24/h3-6,9-10,16-17,27H,7-8,11-13H2,1-2H3/t17-/m1/s1. The first-order chi connectivity index (χ1) is 13.9. The molecule has 0 saturated heterocycles. The molecule has 0 bridgehead atoms. The van der Waals surface area contributed by atoms with E-state index in [0.29, 0.717) is 46.8 Å². The third-order valence-corrected chi connectivity index (χ3v) is 5.29. The van der Waals surface area contributed by atoms with Crippen LogP contribution in [0.3, 0.4) is 0 Å². The van der Waals surface area contributed by atoms with Crippen molar-refractivity contribution in [2.45, 2.75) is 38.5 Å². The Bertz CT molecular complexity index is 852. The number of carbonyl (C=O) groups is 1. The molecule has 0 heterocycles. The molecule has 0 spiro atoms. The summed E-state index contributed by atoms with van der Waals surface area (Å²) in [5.74, 6) is 0.472. The summed E-state index contributed by atoms with van der Waals surface area (Å²) in [7, 11) is 1.50. The predicted octanol–water partition coefficient (Wildman–Crippen LogP) is 4.09. The summed E-state index contributed by atoms with van der Waals surface area (Å²) in [6.07, 6.45) is 1.25. The zero-order chi connectivity index (χ0) is 21.0. The molecule has 1 saturated carbocycles. The minimum atomic E-state index is -0.779. The van der Waals surface area contributed by atoms with Crippen LogP contribution in [0.2, 0.25) is 5.02 Å². The highest BCUT2D eigenvalue weighted by Gasteiger charge is 2.31. The van der Waals surface area contributed by atoms with E-state index < -0.39 is 6.10 Å². The summed E-state index contributed by atoms with van der Waals surface area (Å²) in [6, 6.07) is 9.87. The third kappa shape index (κ3) is 5.69.